The molecule has 25 heavy (non-hydrogen) atoms. The molecule has 1 aliphatic rings. The van der Waals surface area contributed by atoms with Gasteiger partial charge >= 0.3 is 0 Å². The van der Waals surface area contributed by atoms with Gasteiger partial charge in [-0.15, -0.1) is 11.3 Å². The fourth-order valence-electron chi connectivity index (χ4n) is 3.03. The number of thiazole rings is 1. The zero-order valence-electron chi connectivity index (χ0n) is 14.4. The van der Waals surface area contributed by atoms with Crippen molar-refractivity contribution in [2.45, 2.75) is 32.5 Å². The average molecular weight is 380 g/mol. The van der Waals surface area contributed by atoms with E-state index >= 15 is 0 Å². The molecule has 7 heteroatoms. The number of ether oxygens (including phenoxy) is 1. The van der Waals surface area contributed by atoms with Crippen LogP contribution in [0.2, 0.25) is 5.02 Å². The number of carbonyl (C=O) groups excluding carboxylic acids is 1. The number of rotatable bonds is 5. The van der Waals surface area contributed by atoms with Gasteiger partial charge in [-0.2, -0.15) is 0 Å². The number of anilines is 1. The molecule has 5 nitrogen and oxygen atoms in total. The minimum atomic E-state index is -0.0336. The number of carbonyl (C=O) groups is 1. The van der Waals surface area contributed by atoms with Gasteiger partial charge in [0.2, 0.25) is 5.91 Å². The van der Waals surface area contributed by atoms with E-state index < -0.39 is 0 Å². The van der Waals surface area contributed by atoms with Crippen LogP contribution in [-0.2, 0) is 16.0 Å². The Hall–Kier alpha value is -1.47. The highest BCUT2D eigenvalue weighted by Gasteiger charge is 2.23. The third-order valence-electron chi connectivity index (χ3n) is 3.95. The maximum Gasteiger partial charge on any atom is 0.240 e. The van der Waals surface area contributed by atoms with Crippen LogP contribution in [0.3, 0.4) is 0 Å². The van der Waals surface area contributed by atoms with E-state index in [4.69, 9.17) is 16.3 Å². The predicted molar refractivity (Wildman–Crippen MR) is 101 cm³/mol. The van der Waals surface area contributed by atoms with Crippen LogP contribution in [0.4, 0.5) is 5.13 Å². The minimum Gasteiger partial charge on any atom is -0.373 e. The molecule has 0 bridgehead atoms. The summed E-state index contributed by atoms with van der Waals surface area (Å²) < 4.78 is 5.69. The third-order valence-corrected chi connectivity index (χ3v) is 5.12. The molecule has 0 aliphatic carbocycles. The molecule has 2 aromatic rings. The van der Waals surface area contributed by atoms with E-state index in [1.165, 1.54) is 16.9 Å². The molecule has 2 heterocycles. The molecular formula is C18H22ClN3O2S. The van der Waals surface area contributed by atoms with Crippen LogP contribution in [0.15, 0.2) is 30.5 Å². The first-order valence-corrected chi connectivity index (χ1v) is 9.54. The van der Waals surface area contributed by atoms with Crippen molar-refractivity contribution in [1.29, 1.82) is 0 Å². The molecule has 1 aromatic carbocycles. The molecule has 0 radical (unpaired) electrons. The Morgan fingerprint density at radius 3 is 2.68 bits per heavy atom. The van der Waals surface area contributed by atoms with Crippen LogP contribution in [0.25, 0.3) is 0 Å². The number of nitrogens with zero attached hydrogens (tertiary/aromatic N) is 2. The van der Waals surface area contributed by atoms with Crippen molar-refractivity contribution in [3.63, 3.8) is 0 Å². The number of benzene rings is 1. The molecule has 3 rings (SSSR count). The predicted octanol–water partition coefficient (Wildman–Crippen LogP) is 3.44. The zero-order chi connectivity index (χ0) is 17.8. The smallest absolute Gasteiger partial charge is 0.240 e. The summed E-state index contributed by atoms with van der Waals surface area (Å²) in [6, 6.07) is 7.76. The number of halogens is 1. The van der Waals surface area contributed by atoms with Gasteiger partial charge in [0.25, 0.3) is 0 Å². The van der Waals surface area contributed by atoms with Gasteiger partial charge in [-0.25, -0.2) is 4.98 Å². The van der Waals surface area contributed by atoms with Crippen molar-refractivity contribution in [3.8, 4) is 0 Å². The second-order valence-electron chi connectivity index (χ2n) is 6.43. The van der Waals surface area contributed by atoms with Gasteiger partial charge < -0.3 is 10.1 Å². The number of aromatic nitrogens is 1. The summed E-state index contributed by atoms with van der Waals surface area (Å²) in [7, 11) is 0. The van der Waals surface area contributed by atoms with E-state index in [9.17, 15) is 4.79 Å². The Balaban J connectivity index is 1.52. The number of nitrogens with one attached hydrogen (secondary N) is 1. The number of hydrogen-bond donors (Lipinski definition) is 1. The van der Waals surface area contributed by atoms with E-state index in [2.05, 4.69) is 15.2 Å². The lowest BCUT2D eigenvalue weighted by atomic mass is 10.1. The first-order chi connectivity index (χ1) is 12.0. The Morgan fingerprint density at radius 2 is 2.00 bits per heavy atom. The summed E-state index contributed by atoms with van der Waals surface area (Å²) >= 11 is 7.41. The van der Waals surface area contributed by atoms with E-state index in [-0.39, 0.29) is 18.1 Å². The van der Waals surface area contributed by atoms with Crippen molar-refractivity contribution >= 4 is 34.0 Å². The largest absolute Gasteiger partial charge is 0.373 e. The summed E-state index contributed by atoms with van der Waals surface area (Å²) in [5.41, 5.74) is 1.17. The fraction of sp³-hybridized carbons (Fsp3) is 0.444. The Kier molecular flexibility index (Phi) is 6.06. The molecule has 0 unspecified atom stereocenters. The Bertz CT molecular complexity index is 709. The Morgan fingerprint density at radius 1 is 1.32 bits per heavy atom. The first-order valence-electron chi connectivity index (χ1n) is 8.35. The normalized spacial score (nSPS) is 21.2. The molecule has 1 aliphatic heterocycles. The van der Waals surface area contributed by atoms with Crippen LogP contribution >= 0.6 is 22.9 Å². The van der Waals surface area contributed by atoms with Crippen LogP contribution in [0, 0.1) is 0 Å². The third kappa shape index (κ3) is 5.51. The van der Waals surface area contributed by atoms with Crippen LogP contribution in [-0.4, -0.2) is 47.6 Å². The summed E-state index contributed by atoms with van der Waals surface area (Å²) in [5.74, 6) is -0.0336. The second kappa shape index (κ2) is 8.27. The lowest BCUT2D eigenvalue weighted by Gasteiger charge is -2.34. The highest BCUT2D eigenvalue weighted by atomic mass is 35.5. The summed E-state index contributed by atoms with van der Waals surface area (Å²) in [4.78, 5) is 19.8. The number of amides is 1. The fourth-order valence-corrected chi connectivity index (χ4v) is 4.01. The SMILES string of the molecule is C[C@@H]1CN(CC(=O)Nc2ncc(Cc3ccc(Cl)cc3)s2)C[C@H](C)O1. The van der Waals surface area contributed by atoms with Gasteiger partial charge in [0.15, 0.2) is 5.13 Å². The topological polar surface area (TPSA) is 54.5 Å². The quantitative estimate of drug-likeness (QED) is 0.864. The first kappa shape index (κ1) is 18.3. The molecule has 1 amide bonds. The molecule has 1 fully saturated rings. The van der Waals surface area contributed by atoms with Gasteiger partial charge in [-0.3, -0.25) is 9.69 Å². The number of morpholine rings is 1. The van der Waals surface area contributed by atoms with Gasteiger partial charge in [0.1, 0.15) is 0 Å². The van der Waals surface area contributed by atoms with Crippen molar-refractivity contribution in [1.82, 2.24) is 9.88 Å². The summed E-state index contributed by atoms with van der Waals surface area (Å²) in [6.45, 7) is 5.98. The lowest BCUT2D eigenvalue weighted by Crippen LogP contribution is -2.48. The standard InChI is InChI=1S/C18H22ClN3O2S/c1-12-9-22(10-13(2)24-12)11-17(23)21-18-20-8-16(25-18)7-14-3-5-15(19)6-4-14/h3-6,8,12-13H,7,9-11H2,1-2H3,(H,20,21,23)/t12-,13+. The van der Waals surface area contributed by atoms with Crippen LogP contribution in [0.1, 0.15) is 24.3 Å². The maximum absolute atomic E-state index is 12.3. The minimum absolute atomic E-state index is 0.0336. The van der Waals surface area contributed by atoms with E-state index in [0.29, 0.717) is 11.7 Å². The average Bonchev–Trinajstić information content (AvgIpc) is 2.95. The Labute approximate surface area is 157 Å². The molecule has 134 valence electrons. The van der Waals surface area contributed by atoms with Gasteiger partial charge in [0, 0.05) is 35.6 Å². The molecule has 1 N–H and O–H groups in total. The lowest BCUT2D eigenvalue weighted by molar-refractivity contribution is -0.121. The molecular weight excluding hydrogens is 358 g/mol. The highest BCUT2D eigenvalue weighted by molar-refractivity contribution is 7.15. The molecule has 2 atom stereocenters. The van der Waals surface area contributed by atoms with Crippen molar-refractivity contribution in [3.05, 3.63) is 45.9 Å². The van der Waals surface area contributed by atoms with Gasteiger partial charge in [0.05, 0.1) is 18.8 Å². The monoisotopic (exact) mass is 379 g/mol. The number of hydrogen-bond acceptors (Lipinski definition) is 5. The van der Waals surface area contributed by atoms with Crippen LogP contribution in [0.5, 0.6) is 0 Å². The van der Waals surface area contributed by atoms with Gasteiger partial charge in [-0.05, 0) is 31.5 Å². The maximum atomic E-state index is 12.3. The van der Waals surface area contributed by atoms with E-state index in [1.807, 2.05) is 44.3 Å². The van der Waals surface area contributed by atoms with Crippen molar-refractivity contribution in [2.24, 2.45) is 0 Å². The van der Waals surface area contributed by atoms with Crippen molar-refractivity contribution < 1.29 is 9.53 Å². The zero-order valence-corrected chi connectivity index (χ0v) is 15.9. The molecule has 1 saturated heterocycles. The van der Waals surface area contributed by atoms with E-state index in [0.717, 1.165) is 29.4 Å². The summed E-state index contributed by atoms with van der Waals surface area (Å²) in [5, 5.41) is 4.27. The van der Waals surface area contributed by atoms with Crippen molar-refractivity contribution in [2.75, 3.05) is 25.0 Å². The molecule has 0 saturated carbocycles. The van der Waals surface area contributed by atoms with E-state index in [1.54, 1.807) is 0 Å². The molecule has 0 spiro atoms. The summed E-state index contributed by atoms with van der Waals surface area (Å²) in [6.07, 6.45) is 2.90. The highest BCUT2D eigenvalue weighted by Crippen LogP contribution is 2.22. The van der Waals surface area contributed by atoms with Gasteiger partial charge in [-0.1, -0.05) is 23.7 Å². The van der Waals surface area contributed by atoms with Crippen LogP contribution < -0.4 is 5.32 Å². The molecule has 1 aromatic heterocycles. The second-order valence-corrected chi connectivity index (χ2v) is 7.99.